The number of rotatable bonds is 26. The molecule has 9 heterocycles. The van der Waals surface area contributed by atoms with Crippen LogP contribution in [-0.2, 0) is 90.1 Å². The lowest BCUT2D eigenvalue weighted by atomic mass is 9.93. The van der Waals surface area contributed by atoms with Crippen LogP contribution in [0.4, 0.5) is 0 Å². The van der Waals surface area contributed by atoms with Crippen LogP contribution in [0.15, 0.2) is 0 Å². The van der Waals surface area contributed by atoms with Crippen LogP contribution in [0.2, 0.25) is 0 Å². The fourth-order valence-electron chi connectivity index (χ4n) is 13.5. The van der Waals surface area contributed by atoms with Gasteiger partial charge in [0.05, 0.1) is 59.0 Å². The summed E-state index contributed by atoms with van der Waals surface area (Å²) in [5.41, 5.74) is 0. The predicted molar refractivity (Wildman–Crippen MR) is 319 cm³/mol. The van der Waals surface area contributed by atoms with E-state index in [0.29, 0.717) is 0 Å². The van der Waals surface area contributed by atoms with Gasteiger partial charge in [0.25, 0.3) is 0 Å². The van der Waals surface area contributed by atoms with Gasteiger partial charge in [-0.3, -0.25) is 9.59 Å². The maximum absolute atomic E-state index is 13.1. The van der Waals surface area contributed by atoms with Crippen molar-refractivity contribution in [1.29, 1.82) is 0 Å². The van der Waals surface area contributed by atoms with Gasteiger partial charge in [-0.15, -0.1) is 0 Å². The van der Waals surface area contributed by atoms with E-state index in [0.717, 1.165) is 13.8 Å². The Kier molecular flexibility index (Phi) is 30.6. The van der Waals surface area contributed by atoms with E-state index in [2.05, 4.69) is 10.6 Å². The SMILES string of the molecule is CC(=O)N[C@@H]1[C@@H](O)[C@H](O[C@@H]2O[C@H](CO)[C@@H](O[C@@H]3O[C@H](CO[C@H]4O[C@H](CO)[C@@H](O)[C@H](O)[C@@H]4O)[C@@H](O)[C@H](O[C@H]4O[C@H](CO)[C@@H](O)[C@H](O)[C@@H]4O[C@H]4O[C@H](CO)[C@@H](O)[C@H](O)[C@@H]4O[C@H]4O[C@H](CO)[C@@H](O)[C@H](O[C@H]5O[C@H](CO)[C@@H](O)[C@H](O)[C@H]5O)[C@@H]4O)[C@@H]3O)[C@H](O)[C@H]2NC(C)=O)[C@@H](CO[C@@H]2O[C@@H](C)[C@@H](O)[C@@H](O)[C@@H]2O)O[C@H]1O. The van der Waals surface area contributed by atoms with Crippen molar-refractivity contribution in [3.05, 3.63) is 0 Å². The van der Waals surface area contributed by atoms with Crippen molar-refractivity contribution >= 4 is 11.8 Å². The van der Waals surface area contributed by atoms with Crippen molar-refractivity contribution in [3.63, 3.8) is 0 Å². The van der Waals surface area contributed by atoms with Crippen molar-refractivity contribution in [3.8, 4) is 0 Å². The second kappa shape index (κ2) is 37.2. The molecule has 0 aliphatic carbocycles. The average Bonchev–Trinajstić information content (AvgIpc) is 0.768. The molecule has 610 valence electrons. The van der Waals surface area contributed by atoms with Crippen LogP contribution in [-0.4, -0.2) is 474 Å². The maximum Gasteiger partial charge on any atom is 0.217 e. The maximum atomic E-state index is 13.1. The summed E-state index contributed by atoms with van der Waals surface area (Å²) in [4.78, 5) is 25.4. The van der Waals surface area contributed by atoms with E-state index < -0.39 is 341 Å². The molecule has 0 radical (unpaired) electrons. The Morgan fingerprint density at radius 2 is 0.571 bits per heavy atom. The molecule has 0 bridgehead atoms. The Balaban J connectivity index is 1.01. The molecule has 0 aromatic carbocycles. The molecular weight excluding hydrogens is 1440 g/mol. The van der Waals surface area contributed by atoms with Crippen molar-refractivity contribution < 1.29 is 223 Å². The summed E-state index contributed by atoms with van der Waals surface area (Å²) in [6.45, 7) is -5.17. The van der Waals surface area contributed by atoms with Gasteiger partial charge < -0.3 is 224 Å². The van der Waals surface area contributed by atoms with E-state index in [1.54, 1.807) is 0 Å². The topological polar surface area (TPSA) is 741 Å². The minimum atomic E-state index is -2.54. The van der Waals surface area contributed by atoms with E-state index >= 15 is 0 Å². The Morgan fingerprint density at radius 1 is 0.267 bits per heavy atom. The van der Waals surface area contributed by atoms with Gasteiger partial charge in [-0.25, -0.2) is 0 Å². The zero-order chi connectivity index (χ0) is 77.2. The van der Waals surface area contributed by atoms with Crippen LogP contribution in [0.1, 0.15) is 20.8 Å². The van der Waals surface area contributed by atoms with Gasteiger partial charge in [-0.05, 0) is 6.92 Å². The molecule has 9 aliphatic heterocycles. The monoisotopic (exact) mass is 1540 g/mol. The second-order valence-corrected chi connectivity index (χ2v) is 26.7. The molecule has 0 unspecified atom stereocenters. The van der Waals surface area contributed by atoms with Crippen molar-refractivity contribution in [2.75, 3.05) is 52.9 Å². The molecule has 0 aromatic heterocycles. The highest BCUT2D eigenvalue weighted by Crippen LogP contribution is 2.40. The average molecular weight is 1540 g/mol. The van der Waals surface area contributed by atoms with Gasteiger partial charge in [-0.1, -0.05) is 0 Å². The van der Waals surface area contributed by atoms with E-state index in [-0.39, 0.29) is 0 Å². The first-order valence-electron chi connectivity index (χ1n) is 33.5. The number of hydrogen-bond donors (Lipinski definition) is 28. The fraction of sp³-hybridized carbons (Fsp3) is 0.966. The molecular formula is C58H98N2O45. The van der Waals surface area contributed by atoms with Gasteiger partial charge in [0.15, 0.2) is 56.6 Å². The van der Waals surface area contributed by atoms with Gasteiger partial charge in [-0.2, -0.15) is 0 Å². The molecule has 0 aromatic rings. The van der Waals surface area contributed by atoms with Crippen LogP contribution in [0, 0.1) is 0 Å². The Labute approximate surface area is 593 Å². The number of ether oxygens (including phenoxy) is 17. The van der Waals surface area contributed by atoms with Gasteiger partial charge in [0, 0.05) is 13.8 Å². The molecule has 9 aliphatic rings. The van der Waals surface area contributed by atoms with E-state index in [1.165, 1.54) is 6.92 Å². The Morgan fingerprint density at radius 3 is 1.05 bits per heavy atom. The highest BCUT2D eigenvalue weighted by molar-refractivity contribution is 5.73. The van der Waals surface area contributed by atoms with Gasteiger partial charge in [0.1, 0.15) is 214 Å². The fourth-order valence-corrected chi connectivity index (χ4v) is 13.5. The normalized spacial score (nSPS) is 51.5. The van der Waals surface area contributed by atoms with Gasteiger partial charge >= 0.3 is 0 Å². The molecule has 9 fully saturated rings. The summed E-state index contributed by atoms with van der Waals surface area (Å²) in [6, 6.07) is -3.67. The van der Waals surface area contributed by atoms with Crippen molar-refractivity contribution in [2.45, 2.75) is 297 Å². The molecule has 47 heteroatoms. The third kappa shape index (κ3) is 18.6. The van der Waals surface area contributed by atoms with Crippen LogP contribution >= 0.6 is 0 Å². The minimum Gasteiger partial charge on any atom is -0.394 e. The molecule has 28 N–H and O–H groups in total. The summed E-state index contributed by atoms with van der Waals surface area (Å²) in [5, 5.41) is 291. The number of aliphatic hydroxyl groups excluding tert-OH is 26. The Hall–Kier alpha value is -2.78. The highest BCUT2D eigenvalue weighted by Gasteiger charge is 2.61. The van der Waals surface area contributed by atoms with E-state index in [9.17, 15) is 142 Å². The zero-order valence-electron chi connectivity index (χ0n) is 56.0. The molecule has 9 rings (SSSR count). The van der Waals surface area contributed by atoms with Crippen LogP contribution in [0.3, 0.4) is 0 Å². The summed E-state index contributed by atoms with van der Waals surface area (Å²) in [6.07, 6.45) is -88.5. The minimum absolute atomic E-state index is 0.817. The molecule has 9 saturated heterocycles. The molecule has 45 atom stereocenters. The largest absolute Gasteiger partial charge is 0.394 e. The number of hydrogen-bond acceptors (Lipinski definition) is 45. The van der Waals surface area contributed by atoms with Gasteiger partial charge in [0.2, 0.25) is 11.8 Å². The number of aliphatic hydroxyl groups is 26. The first-order chi connectivity index (χ1) is 49.6. The summed E-state index contributed by atoms with van der Waals surface area (Å²) < 4.78 is 99.0. The molecule has 47 nitrogen and oxygen atoms in total. The third-order valence-electron chi connectivity index (χ3n) is 19.5. The van der Waals surface area contributed by atoms with E-state index in [1.807, 2.05) is 0 Å². The van der Waals surface area contributed by atoms with Crippen LogP contribution in [0.5, 0.6) is 0 Å². The zero-order valence-corrected chi connectivity index (χ0v) is 56.0. The number of amides is 2. The first kappa shape index (κ1) is 86.2. The lowest BCUT2D eigenvalue weighted by Crippen LogP contribution is -2.70. The smallest absolute Gasteiger partial charge is 0.217 e. The lowest BCUT2D eigenvalue weighted by molar-refractivity contribution is -0.410. The number of nitrogens with one attached hydrogen (secondary N) is 2. The van der Waals surface area contributed by atoms with Crippen molar-refractivity contribution in [1.82, 2.24) is 10.6 Å². The lowest BCUT2D eigenvalue weighted by Gasteiger charge is -2.51. The summed E-state index contributed by atoms with van der Waals surface area (Å²) >= 11 is 0. The van der Waals surface area contributed by atoms with Crippen LogP contribution < -0.4 is 10.6 Å². The summed E-state index contributed by atoms with van der Waals surface area (Å²) in [7, 11) is 0. The molecule has 2 amide bonds. The number of carbonyl (C=O) groups excluding carboxylic acids is 2. The van der Waals surface area contributed by atoms with Crippen LogP contribution in [0.25, 0.3) is 0 Å². The molecule has 105 heavy (non-hydrogen) atoms. The third-order valence-corrected chi connectivity index (χ3v) is 19.5. The van der Waals surface area contributed by atoms with E-state index in [4.69, 9.17) is 80.5 Å². The standard InChI is InChI=1S/C58H98N2O45/c1-12-25(69)34(78)39(83)52(91-12)90-11-22-45(32(76)23(50(88)92-22)59-13(2)67)100-51-24(60-14(3)68)33(77)44(20(9-66)98-51)101-56-43(87)47(31(75)21(99-56)10-89-53-40(84)35(79)26(70)15(4-61)93-53)103-57-49(38(82)29(73)17(6-63)96-57)105-58-48(37(81)28(72)18(7-64)97-58)104-55-42(86)46(30(74)19(8-65)95-55)102-54-41(85)36(80)27(71)16(5-62)94-54/h12,15-58,61-66,69-88H,4-11H2,1-3H3,(H,59,67)(H,60,68)/t12-,15+,16+,17+,18+,19+,20+,21+,22+,23+,24+,25+,26+,27+,28+,29+,30+,31+,32+,33+,34+,35-,36-,37-,38-,39-,40-,41+,42-,43-,44+,45+,46-,47-,48-,49-,50+,51-,52+,53-,54+,55+,56-,57+,58+/m0/s1. The Bertz CT molecular complexity index is 2690. The number of carbonyl (C=O) groups is 2. The van der Waals surface area contributed by atoms with Crippen molar-refractivity contribution in [2.24, 2.45) is 0 Å². The molecule has 0 saturated carbocycles. The first-order valence-corrected chi connectivity index (χ1v) is 33.5. The quantitative estimate of drug-likeness (QED) is 0.0382. The second-order valence-electron chi connectivity index (χ2n) is 26.7. The molecule has 0 spiro atoms. The predicted octanol–water partition coefficient (Wildman–Crippen LogP) is -19.3. The highest BCUT2D eigenvalue weighted by atomic mass is 16.8. The summed E-state index contributed by atoms with van der Waals surface area (Å²) in [5.74, 6) is -1.77.